The van der Waals surface area contributed by atoms with Crippen molar-refractivity contribution in [1.29, 1.82) is 0 Å². The zero-order valence-corrected chi connectivity index (χ0v) is 10.4. The SMILES string of the molecule is OC(CNc1cc(Cl)ccc1Cl)c1ccco1. The first-order chi connectivity index (χ1) is 8.16. The largest absolute Gasteiger partial charge is 0.467 e. The van der Waals surface area contributed by atoms with Crippen LogP contribution in [0.25, 0.3) is 0 Å². The lowest BCUT2D eigenvalue weighted by molar-refractivity contribution is 0.162. The minimum atomic E-state index is -0.722. The second kappa shape index (κ2) is 5.45. The lowest BCUT2D eigenvalue weighted by Crippen LogP contribution is -2.11. The quantitative estimate of drug-likeness (QED) is 0.891. The Labute approximate surface area is 109 Å². The highest BCUT2D eigenvalue weighted by atomic mass is 35.5. The maximum atomic E-state index is 9.80. The predicted molar refractivity (Wildman–Crippen MR) is 68.6 cm³/mol. The molecule has 0 amide bonds. The number of benzene rings is 1. The molecule has 1 aromatic carbocycles. The second-order valence-corrected chi connectivity index (χ2v) is 4.38. The van der Waals surface area contributed by atoms with Gasteiger partial charge in [0.05, 0.1) is 17.0 Å². The van der Waals surface area contributed by atoms with Gasteiger partial charge in [-0.25, -0.2) is 0 Å². The van der Waals surface area contributed by atoms with Crippen molar-refractivity contribution in [2.24, 2.45) is 0 Å². The molecule has 2 aromatic rings. The summed E-state index contributed by atoms with van der Waals surface area (Å²) in [6.07, 6.45) is 0.797. The molecule has 0 aliphatic carbocycles. The first-order valence-corrected chi connectivity index (χ1v) is 5.83. The van der Waals surface area contributed by atoms with E-state index in [2.05, 4.69) is 5.32 Å². The number of aliphatic hydroxyl groups excluding tert-OH is 1. The molecule has 1 heterocycles. The third kappa shape index (κ3) is 3.16. The Balaban J connectivity index is 2.00. The smallest absolute Gasteiger partial charge is 0.134 e. The molecule has 17 heavy (non-hydrogen) atoms. The van der Waals surface area contributed by atoms with Gasteiger partial charge in [-0.15, -0.1) is 0 Å². The molecule has 0 bridgehead atoms. The first-order valence-electron chi connectivity index (χ1n) is 5.07. The van der Waals surface area contributed by atoms with E-state index < -0.39 is 6.10 Å². The van der Waals surface area contributed by atoms with Gasteiger partial charge in [-0.2, -0.15) is 0 Å². The third-order valence-corrected chi connectivity index (χ3v) is 2.85. The number of hydrogen-bond donors (Lipinski definition) is 2. The van der Waals surface area contributed by atoms with Gasteiger partial charge in [-0.05, 0) is 30.3 Å². The summed E-state index contributed by atoms with van der Waals surface area (Å²) < 4.78 is 5.09. The van der Waals surface area contributed by atoms with E-state index in [1.807, 2.05) is 0 Å². The van der Waals surface area contributed by atoms with E-state index in [1.165, 1.54) is 6.26 Å². The van der Waals surface area contributed by atoms with Crippen molar-refractivity contribution in [2.45, 2.75) is 6.10 Å². The van der Waals surface area contributed by atoms with Gasteiger partial charge in [0.25, 0.3) is 0 Å². The summed E-state index contributed by atoms with van der Waals surface area (Å²) in [4.78, 5) is 0. The van der Waals surface area contributed by atoms with Crippen molar-refractivity contribution >= 4 is 28.9 Å². The molecule has 0 saturated heterocycles. The lowest BCUT2D eigenvalue weighted by Gasteiger charge is -2.12. The fourth-order valence-electron chi connectivity index (χ4n) is 1.42. The van der Waals surface area contributed by atoms with E-state index in [9.17, 15) is 5.11 Å². The lowest BCUT2D eigenvalue weighted by atomic mass is 10.2. The summed E-state index contributed by atoms with van der Waals surface area (Å²) in [5.74, 6) is 0.510. The van der Waals surface area contributed by atoms with Gasteiger partial charge in [0.2, 0.25) is 0 Å². The topological polar surface area (TPSA) is 45.4 Å². The average Bonchev–Trinajstić information content (AvgIpc) is 2.83. The molecule has 90 valence electrons. The minimum Gasteiger partial charge on any atom is -0.467 e. The maximum absolute atomic E-state index is 9.80. The monoisotopic (exact) mass is 271 g/mol. The van der Waals surface area contributed by atoms with Crippen molar-refractivity contribution in [1.82, 2.24) is 0 Å². The maximum Gasteiger partial charge on any atom is 0.134 e. The van der Waals surface area contributed by atoms with Crippen LogP contribution in [0, 0.1) is 0 Å². The number of halogens is 2. The van der Waals surface area contributed by atoms with Gasteiger partial charge in [-0.3, -0.25) is 0 Å². The molecular formula is C12H11Cl2NO2. The summed E-state index contributed by atoms with van der Waals surface area (Å²) in [6.45, 7) is 0.299. The molecule has 0 aliphatic rings. The molecule has 0 radical (unpaired) electrons. The zero-order valence-electron chi connectivity index (χ0n) is 8.86. The molecule has 1 atom stereocenters. The molecule has 0 aliphatic heterocycles. The third-order valence-electron chi connectivity index (χ3n) is 2.29. The van der Waals surface area contributed by atoms with Crippen LogP contribution in [0.2, 0.25) is 10.0 Å². The highest BCUT2D eigenvalue weighted by Gasteiger charge is 2.10. The summed E-state index contributed by atoms with van der Waals surface area (Å²) in [6, 6.07) is 8.55. The van der Waals surface area contributed by atoms with Gasteiger partial charge in [0.15, 0.2) is 0 Å². The highest BCUT2D eigenvalue weighted by molar-refractivity contribution is 6.35. The molecule has 0 fully saturated rings. The van der Waals surface area contributed by atoms with Gasteiger partial charge in [0.1, 0.15) is 11.9 Å². The number of anilines is 1. The van der Waals surface area contributed by atoms with E-state index >= 15 is 0 Å². The Bertz CT molecular complexity index is 485. The van der Waals surface area contributed by atoms with E-state index in [-0.39, 0.29) is 0 Å². The predicted octanol–water partition coefficient (Wildman–Crippen LogP) is 3.73. The summed E-state index contributed by atoms with van der Waals surface area (Å²) in [5, 5.41) is 14.0. The Morgan fingerprint density at radius 3 is 2.82 bits per heavy atom. The minimum absolute atomic E-state index is 0.299. The highest BCUT2D eigenvalue weighted by Crippen LogP contribution is 2.26. The standard InChI is InChI=1S/C12H11Cl2NO2/c13-8-3-4-9(14)10(6-8)15-7-11(16)12-2-1-5-17-12/h1-6,11,15-16H,7H2. The Hall–Kier alpha value is -1.16. The molecular weight excluding hydrogens is 261 g/mol. The fourth-order valence-corrected chi connectivity index (χ4v) is 1.78. The van der Waals surface area contributed by atoms with Crippen LogP contribution in [-0.2, 0) is 0 Å². The average molecular weight is 272 g/mol. The normalized spacial score (nSPS) is 12.4. The van der Waals surface area contributed by atoms with Crippen LogP contribution in [0.4, 0.5) is 5.69 Å². The van der Waals surface area contributed by atoms with Crippen LogP contribution in [0.3, 0.4) is 0 Å². The summed E-state index contributed by atoms with van der Waals surface area (Å²) in [5.41, 5.74) is 0.685. The van der Waals surface area contributed by atoms with E-state index in [0.29, 0.717) is 28.0 Å². The van der Waals surface area contributed by atoms with Crippen LogP contribution in [0.1, 0.15) is 11.9 Å². The van der Waals surface area contributed by atoms with Crippen molar-refractivity contribution in [3.8, 4) is 0 Å². The molecule has 0 spiro atoms. The van der Waals surface area contributed by atoms with Crippen LogP contribution in [-0.4, -0.2) is 11.7 Å². The molecule has 5 heteroatoms. The van der Waals surface area contributed by atoms with Crippen molar-refractivity contribution in [3.63, 3.8) is 0 Å². The van der Waals surface area contributed by atoms with E-state index in [4.69, 9.17) is 27.6 Å². The molecule has 3 nitrogen and oxygen atoms in total. The number of furan rings is 1. The van der Waals surface area contributed by atoms with E-state index in [0.717, 1.165) is 0 Å². The van der Waals surface area contributed by atoms with Crippen LogP contribution in [0.5, 0.6) is 0 Å². The zero-order chi connectivity index (χ0) is 12.3. The fraction of sp³-hybridized carbons (Fsp3) is 0.167. The molecule has 0 saturated carbocycles. The van der Waals surface area contributed by atoms with E-state index in [1.54, 1.807) is 30.3 Å². The van der Waals surface area contributed by atoms with Crippen molar-refractivity contribution in [3.05, 3.63) is 52.4 Å². The Kier molecular flexibility index (Phi) is 3.94. The van der Waals surface area contributed by atoms with Crippen LogP contribution in [0.15, 0.2) is 41.0 Å². The molecule has 1 unspecified atom stereocenters. The van der Waals surface area contributed by atoms with Gasteiger partial charge >= 0.3 is 0 Å². The Morgan fingerprint density at radius 2 is 2.12 bits per heavy atom. The van der Waals surface area contributed by atoms with Crippen molar-refractivity contribution in [2.75, 3.05) is 11.9 Å². The summed E-state index contributed by atoms with van der Waals surface area (Å²) >= 11 is 11.8. The molecule has 1 aromatic heterocycles. The number of aliphatic hydroxyl groups is 1. The Morgan fingerprint density at radius 1 is 1.29 bits per heavy atom. The second-order valence-electron chi connectivity index (χ2n) is 3.54. The molecule has 2 rings (SSSR count). The van der Waals surface area contributed by atoms with Crippen molar-refractivity contribution < 1.29 is 9.52 Å². The number of nitrogens with one attached hydrogen (secondary N) is 1. The van der Waals surface area contributed by atoms with Gasteiger partial charge in [-0.1, -0.05) is 23.2 Å². The number of hydrogen-bond acceptors (Lipinski definition) is 3. The van der Waals surface area contributed by atoms with Crippen LogP contribution >= 0.6 is 23.2 Å². The molecule has 2 N–H and O–H groups in total. The first kappa shape index (κ1) is 12.3. The van der Waals surface area contributed by atoms with Crippen LogP contribution < -0.4 is 5.32 Å². The van der Waals surface area contributed by atoms with Gasteiger partial charge in [0, 0.05) is 11.6 Å². The summed E-state index contributed by atoms with van der Waals surface area (Å²) in [7, 11) is 0. The van der Waals surface area contributed by atoms with Gasteiger partial charge < -0.3 is 14.8 Å². The number of rotatable bonds is 4.